The number of amides is 1. The van der Waals surface area contributed by atoms with Crippen LogP contribution in [0.4, 0.5) is 10.5 Å². The molecule has 106 valence electrons. The van der Waals surface area contributed by atoms with Crippen molar-refractivity contribution < 1.29 is 4.79 Å². The maximum absolute atomic E-state index is 12.1. The molecule has 0 saturated heterocycles. The molecule has 1 heterocycles. The number of aryl methyl sites for hydroxylation is 1. The Bertz CT molecular complexity index is 564. The van der Waals surface area contributed by atoms with Crippen molar-refractivity contribution in [1.29, 1.82) is 0 Å². The third-order valence-corrected chi connectivity index (χ3v) is 3.20. The molecule has 5 nitrogen and oxygen atoms in total. The maximum Gasteiger partial charge on any atom is 0.344 e. The van der Waals surface area contributed by atoms with Crippen molar-refractivity contribution in [3.63, 3.8) is 0 Å². The largest absolute Gasteiger partial charge is 0.373 e. The lowest BCUT2D eigenvalue weighted by Gasteiger charge is -2.23. The molecule has 2 aromatic rings. The summed E-state index contributed by atoms with van der Waals surface area (Å²) in [6.45, 7) is 3.33. The molecule has 0 fully saturated rings. The van der Waals surface area contributed by atoms with Crippen LogP contribution in [-0.2, 0) is 0 Å². The van der Waals surface area contributed by atoms with Gasteiger partial charge < -0.3 is 9.80 Å². The summed E-state index contributed by atoms with van der Waals surface area (Å²) in [7, 11) is 3.81. The molecule has 0 N–H and O–H groups in total. The van der Waals surface area contributed by atoms with Crippen LogP contribution in [0.5, 0.6) is 0 Å². The normalized spacial score (nSPS) is 10.3. The first kappa shape index (κ1) is 14.1. The molecule has 0 radical (unpaired) electrons. The first-order chi connectivity index (χ1) is 9.58. The molecule has 0 spiro atoms. The highest BCUT2D eigenvalue weighted by Gasteiger charge is 2.12. The van der Waals surface area contributed by atoms with E-state index in [2.05, 4.69) is 22.1 Å². The Hall–Kier alpha value is -2.30. The molecule has 0 aliphatic heterocycles. The van der Waals surface area contributed by atoms with E-state index in [4.69, 9.17) is 0 Å². The SMILES string of the molecule is Cc1cnn(C(=O)N(C)CCN(C)c2ccccc2)c1. The quantitative estimate of drug-likeness (QED) is 0.857. The highest BCUT2D eigenvalue weighted by Crippen LogP contribution is 2.10. The Morgan fingerprint density at radius 1 is 1.20 bits per heavy atom. The average molecular weight is 272 g/mol. The minimum atomic E-state index is -0.112. The highest BCUT2D eigenvalue weighted by molar-refractivity contribution is 5.75. The number of nitrogens with zero attached hydrogens (tertiary/aromatic N) is 4. The van der Waals surface area contributed by atoms with Crippen LogP contribution >= 0.6 is 0 Å². The van der Waals surface area contributed by atoms with Gasteiger partial charge in [-0.25, -0.2) is 4.79 Å². The number of aromatic nitrogens is 2. The number of hydrogen-bond acceptors (Lipinski definition) is 3. The zero-order valence-corrected chi connectivity index (χ0v) is 12.2. The second-order valence-electron chi connectivity index (χ2n) is 4.92. The van der Waals surface area contributed by atoms with Gasteiger partial charge in [-0.05, 0) is 24.6 Å². The number of likely N-dealkylation sites (N-methyl/N-ethyl adjacent to an activating group) is 2. The van der Waals surface area contributed by atoms with Gasteiger partial charge in [0.25, 0.3) is 0 Å². The molecule has 1 amide bonds. The van der Waals surface area contributed by atoms with E-state index in [0.29, 0.717) is 6.54 Å². The van der Waals surface area contributed by atoms with E-state index in [1.54, 1.807) is 24.3 Å². The number of anilines is 1. The molecule has 1 aromatic carbocycles. The summed E-state index contributed by atoms with van der Waals surface area (Å²) >= 11 is 0. The second kappa shape index (κ2) is 6.23. The molecule has 0 aliphatic carbocycles. The summed E-state index contributed by atoms with van der Waals surface area (Å²) in [6.07, 6.45) is 3.42. The van der Waals surface area contributed by atoms with E-state index in [-0.39, 0.29) is 6.03 Å². The van der Waals surface area contributed by atoms with Crippen LogP contribution in [0.3, 0.4) is 0 Å². The number of para-hydroxylation sites is 1. The molecule has 2 rings (SSSR count). The van der Waals surface area contributed by atoms with Crippen molar-refractivity contribution in [3.05, 3.63) is 48.3 Å². The fraction of sp³-hybridized carbons (Fsp3) is 0.333. The van der Waals surface area contributed by atoms with E-state index in [0.717, 1.165) is 17.8 Å². The lowest BCUT2D eigenvalue weighted by atomic mass is 10.3. The zero-order chi connectivity index (χ0) is 14.5. The third-order valence-electron chi connectivity index (χ3n) is 3.20. The van der Waals surface area contributed by atoms with Crippen molar-refractivity contribution >= 4 is 11.7 Å². The predicted molar refractivity (Wildman–Crippen MR) is 80.1 cm³/mol. The van der Waals surface area contributed by atoms with Crippen molar-refractivity contribution in [2.45, 2.75) is 6.92 Å². The smallest absolute Gasteiger partial charge is 0.344 e. The van der Waals surface area contributed by atoms with Crippen LogP contribution in [0.1, 0.15) is 5.56 Å². The molecule has 20 heavy (non-hydrogen) atoms. The molecule has 0 unspecified atom stereocenters. The van der Waals surface area contributed by atoms with Crippen LogP contribution in [0.2, 0.25) is 0 Å². The summed E-state index contributed by atoms with van der Waals surface area (Å²) in [5.41, 5.74) is 2.12. The van der Waals surface area contributed by atoms with Gasteiger partial charge in [0.1, 0.15) is 0 Å². The van der Waals surface area contributed by atoms with Crippen molar-refractivity contribution in [3.8, 4) is 0 Å². The second-order valence-corrected chi connectivity index (χ2v) is 4.92. The molecule has 0 bridgehead atoms. The van der Waals surface area contributed by atoms with Crippen molar-refractivity contribution in [2.75, 3.05) is 32.1 Å². The fourth-order valence-electron chi connectivity index (χ4n) is 1.90. The lowest BCUT2D eigenvalue weighted by molar-refractivity contribution is 0.208. The van der Waals surface area contributed by atoms with Crippen molar-refractivity contribution in [1.82, 2.24) is 14.7 Å². The predicted octanol–water partition coefficient (Wildman–Crippen LogP) is 2.23. The van der Waals surface area contributed by atoms with E-state index in [9.17, 15) is 4.79 Å². The zero-order valence-electron chi connectivity index (χ0n) is 12.2. The van der Waals surface area contributed by atoms with Gasteiger partial charge in [0, 0.05) is 39.1 Å². The standard InChI is InChI=1S/C15H20N4O/c1-13-11-16-19(12-13)15(20)18(3)10-9-17(2)14-7-5-4-6-8-14/h4-8,11-12H,9-10H2,1-3H3. The Morgan fingerprint density at radius 2 is 1.90 bits per heavy atom. The molecule has 0 saturated carbocycles. The first-order valence-corrected chi connectivity index (χ1v) is 6.61. The molecule has 5 heteroatoms. The third kappa shape index (κ3) is 3.38. The monoisotopic (exact) mass is 272 g/mol. The number of hydrogen-bond donors (Lipinski definition) is 0. The molecular formula is C15H20N4O. The highest BCUT2D eigenvalue weighted by atomic mass is 16.2. The van der Waals surface area contributed by atoms with Gasteiger partial charge in [0.15, 0.2) is 0 Å². The molecule has 1 aromatic heterocycles. The molecule has 0 atom stereocenters. The summed E-state index contributed by atoms with van der Waals surface area (Å²) in [5, 5.41) is 4.03. The van der Waals surface area contributed by atoms with Crippen LogP contribution in [0.15, 0.2) is 42.7 Å². The fourth-order valence-corrected chi connectivity index (χ4v) is 1.90. The molecule has 0 aliphatic rings. The first-order valence-electron chi connectivity index (χ1n) is 6.61. The Morgan fingerprint density at radius 3 is 2.50 bits per heavy atom. The van der Waals surface area contributed by atoms with Crippen LogP contribution < -0.4 is 4.90 Å². The number of rotatable bonds is 4. The van der Waals surface area contributed by atoms with Gasteiger partial charge in [-0.1, -0.05) is 18.2 Å². The van der Waals surface area contributed by atoms with Gasteiger partial charge in [0.05, 0.1) is 6.20 Å². The van der Waals surface area contributed by atoms with Crippen molar-refractivity contribution in [2.24, 2.45) is 0 Å². The van der Waals surface area contributed by atoms with Crippen LogP contribution in [-0.4, -0.2) is 47.9 Å². The van der Waals surface area contributed by atoms with Gasteiger partial charge in [-0.2, -0.15) is 9.78 Å². The van der Waals surface area contributed by atoms with Gasteiger partial charge in [-0.15, -0.1) is 0 Å². The average Bonchev–Trinajstić information content (AvgIpc) is 2.91. The Balaban J connectivity index is 1.89. The van der Waals surface area contributed by atoms with E-state index in [1.165, 1.54) is 4.68 Å². The van der Waals surface area contributed by atoms with Crippen LogP contribution in [0.25, 0.3) is 0 Å². The number of carbonyl (C=O) groups excluding carboxylic acids is 1. The minimum absolute atomic E-state index is 0.112. The minimum Gasteiger partial charge on any atom is -0.373 e. The van der Waals surface area contributed by atoms with Gasteiger partial charge in [-0.3, -0.25) is 0 Å². The summed E-state index contributed by atoms with van der Waals surface area (Å²) in [4.78, 5) is 15.9. The summed E-state index contributed by atoms with van der Waals surface area (Å²) in [5.74, 6) is 0. The number of benzene rings is 1. The van der Waals surface area contributed by atoms with Gasteiger partial charge in [0.2, 0.25) is 0 Å². The van der Waals surface area contributed by atoms with E-state index in [1.807, 2.05) is 32.2 Å². The van der Waals surface area contributed by atoms with E-state index >= 15 is 0 Å². The molecular weight excluding hydrogens is 252 g/mol. The summed E-state index contributed by atoms with van der Waals surface area (Å²) in [6, 6.07) is 10.0. The number of carbonyl (C=O) groups is 1. The lowest BCUT2D eigenvalue weighted by Crippen LogP contribution is -2.37. The van der Waals surface area contributed by atoms with Gasteiger partial charge >= 0.3 is 6.03 Å². The topological polar surface area (TPSA) is 41.4 Å². The Labute approximate surface area is 119 Å². The van der Waals surface area contributed by atoms with E-state index < -0.39 is 0 Å². The maximum atomic E-state index is 12.1. The Kier molecular flexibility index (Phi) is 4.40. The summed E-state index contributed by atoms with van der Waals surface area (Å²) < 4.78 is 1.37. The van der Waals surface area contributed by atoms with Crippen LogP contribution in [0, 0.1) is 6.92 Å².